The van der Waals surface area contributed by atoms with Crippen molar-refractivity contribution < 1.29 is 23.1 Å². The first-order valence-electron chi connectivity index (χ1n) is 6.70. The average Bonchev–Trinajstić information content (AvgIpc) is 2.45. The minimum atomic E-state index is -4.42. The van der Waals surface area contributed by atoms with Gasteiger partial charge in [0.25, 0.3) is 0 Å². The van der Waals surface area contributed by atoms with Crippen LogP contribution in [0.5, 0.6) is 0 Å². The molecule has 134 valence electrons. The zero-order valence-corrected chi connectivity index (χ0v) is 14.7. The number of halogens is 5. The van der Waals surface area contributed by atoms with Gasteiger partial charge < -0.3 is 15.7 Å². The highest BCUT2D eigenvalue weighted by Gasteiger charge is 2.29. The molecule has 2 aromatic rings. The fraction of sp³-hybridized carbons (Fsp3) is 0.133. The summed E-state index contributed by atoms with van der Waals surface area (Å²) in [4.78, 5) is 12.0. The SMILES string of the molecule is O=C(Nc1cccc(SC(F)(F)F)c1)Nc1cc(Cl)cc(Cl)c1CO. The lowest BCUT2D eigenvalue weighted by molar-refractivity contribution is -0.0328. The number of rotatable bonds is 4. The summed E-state index contributed by atoms with van der Waals surface area (Å²) < 4.78 is 37.2. The summed E-state index contributed by atoms with van der Waals surface area (Å²) in [5, 5.41) is 14.6. The first kappa shape index (κ1) is 19.7. The van der Waals surface area contributed by atoms with Gasteiger partial charge >= 0.3 is 11.5 Å². The molecule has 4 nitrogen and oxygen atoms in total. The summed E-state index contributed by atoms with van der Waals surface area (Å²) in [5.74, 6) is 0. The minimum Gasteiger partial charge on any atom is -0.392 e. The Balaban J connectivity index is 2.12. The summed E-state index contributed by atoms with van der Waals surface area (Å²) in [7, 11) is 0. The molecule has 0 aliphatic rings. The number of hydrogen-bond donors (Lipinski definition) is 3. The number of carbonyl (C=O) groups is 1. The number of aliphatic hydroxyl groups excluding tert-OH is 1. The maximum absolute atomic E-state index is 12.4. The third-order valence-electron chi connectivity index (χ3n) is 2.89. The largest absolute Gasteiger partial charge is 0.446 e. The lowest BCUT2D eigenvalue weighted by Crippen LogP contribution is -2.20. The third kappa shape index (κ3) is 6.00. The van der Waals surface area contributed by atoms with Crippen LogP contribution in [0, 0.1) is 0 Å². The quantitative estimate of drug-likeness (QED) is 0.563. The molecular weight excluding hydrogens is 400 g/mol. The van der Waals surface area contributed by atoms with Gasteiger partial charge in [0, 0.05) is 26.2 Å². The molecular formula is C15H11Cl2F3N2O2S. The molecule has 25 heavy (non-hydrogen) atoms. The molecule has 0 spiro atoms. The zero-order chi connectivity index (χ0) is 18.6. The molecule has 0 saturated heterocycles. The van der Waals surface area contributed by atoms with Gasteiger partial charge in [0.1, 0.15) is 0 Å². The normalized spacial score (nSPS) is 11.3. The molecule has 3 N–H and O–H groups in total. The summed E-state index contributed by atoms with van der Waals surface area (Å²) in [6.07, 6.45) is 0. The molecule has 0 fully saturated rings. The molecule has 0 radical (unpaired) electrons. The maximum Gasteiger partial charge on any atom is 0.446 e. The Kier molecular flexibility index (Phi) is 6.45. The lowest BCUT2D eigenvalue weighted by atomic mass is 10.2. The van der Waals surface area contributed by atoms with Gasteiger partial charge in [-0.2, -0.15) is 13.2 Å². The molecule has 0 aromatic heterocycles. The summed E-state index contributed by atoms with van der Waals surface area (Å²) in [6, 6.07) is 7.39. The van der Waals surface area contributed by atoms with E-state index in [9.17, 15) is 23.1 Å². The monoisotopic (exact) mass is 410 g/mol. The van der Waals surface area contributed by atoms with Gasteiger partial charge in [-0.1, -0.05) is 29.3 Å². The van der Waals surface area contributed by atoms with Crippen LogP contribution < -0.4 is 10.6 Å². The van der Waals surface area contributed by atoms with Crippen LogP contribution in [0.2, 0.25) is 10.0 Å². The Morgan fingerprint density at radius 1 is 1.16 bits per heavy atom. The maximum atomic E-state index is 12.4. The van der Waals surface area contributed by atoms with Crippen molar-refractivity contribution in [2.75, 3.05) is 10.6 Å². The van der Waals surface area contributed by atoms with Crippen molar-refractivity contribution >= 4 is 52.4 Å². The molecule has 0 aliphatic heterocycles. The van der Waals surface area contributed by atoms with Crippen LogP contribution in [0.15, 0.2) is 41.3 Å². The highest BCUT2D eigenvalue weighted by molar-refractivity contribution is 8.00. The summed E-state index contributed by atoms with van der Waals surface area (Å²) in [6.45, 7) is -0.427. The van der Waals surface area contributed by atoms with E-state index in [0.29, 0.717) is 0 Å². The molecule has 2 rings (SSSR count). The molecule has 0 bridgehead atoms. The highest BCUT2D eigenvalue weighted by Crippen LogP contribution is 2.37. The number of aliphatic hydroxyl groups is 1. The van der Waals surface area contributed by atoms with Crippen molar-refractivity contribution in [1.29, 1.82) is 0 Å². The molecule has 0 atom stereocenters. The van der Waals surface area contributed by atoms with Crippen LogP contribution in [0.3, 0.4) is 0 Å². The fourth-order valence-electron chi connectivity index (χ4n) is 1.93. The second-order valence-electron chi connectivity index (χ2n) is 4.73. The third-order valence-corrected chi connectivity index (χ3v) is 4.17. The molecule has 10 heteroatoms. The number of nitrogens with one attached hydrogen (secondary N) is 2. The van der Waals surface area contributed by atoms with E-state index in [1.807, 2.05) is 0 Å². The van der Waals surface area contributed by atoms with Gasteiger partial charge in [-0.25, -0.2) is 4.79 Å². The van der Waals surface area contributed by atoms with Crippen LogP contribution >= 0.6 is 35.0 Å². The van der Waals surface area contributed by atoms with Crippen LogP contribution in [-0.4, -0.2) is 16.6 Å². The topological polar surface area (TPSA) is 61.4 Å². The number of thioether (sulfide) groups is 1. The number of hydrogen-bond acceptors (Lipinski definition) is 3. The number of urea groups is 1. The van der Waals surface area contributed by atoms with Gasteiger partial charge in [0.2, 0.25) is 0 Å². The second-order valence-corrected chi connectivity index (χ2v) is 6.71. The molecule has 0 aliphatic carbocycles. The second kappa shape index (κ2) is 8.18. The Morgan fingerprint density at radius 2 is 1.88 bits per heavy atom. The number of carbonyl (C=O) groups excluding carboxylic acids is 1. The van der Waals surface area contributed by atoms with E-state index in [-0.39, 0.29) is 43.6 Å². The standard InChI is InChI=1S/C15H11Cl2F3N2O2S/c16-8-4-12(17)11(7-23)13(5-8)22-14(24)21-9-2-1-3-10(6-9)25-15(18,19)20/h1-6,23H,7H2,(H2,21,22,24). The smallest absolute Gasteiger partial charge is 0.392 e. The van der Waals surface area contributed by atoms with Gasteiger partial charge in [-0.3, -0.25) is 0 Å². The van der Waals surface area contributed by atoms with E-state index in [1.54, 1.807) is 0 Å². The Hall–Kier alpha value is -1.61. The Bertz CT molecular complexity index is 788. The molecule has 0 unspecified atom stereocenters. The number of alkyl halides is 3. The molecule has 2 aromatic carbocycles. The average molecular weight is 411 g/mol. The van der Waals surface area contributed by atoms with E-state index in [1.165, 1.54) is 36.4 Å². The van der Waals surface area contributed by atoms with E-state index in [2.05, 4.69) is 10.6 Å². The van der Waals surface area contributed by atoms with Crippen molar-refractivity contribution in [3.63, 3.8) is 0 Å². The van der Waals surface area contributed by atoms with Gasteiger partial charge in [-0.15, -0.1) is 0 Å². The molecule has 2 amide bonds. The number of benzene rings is 2. The van der Waals surface area contributed by atoms with E-state index >= 15 is 0 Å². The highest BCUT2D eigenvalue weighted by atomic mass is 35.5. The summed E-state index contributed by atoms with van der Waals surface area (Å²) >= 11 is 11.5. The van der Waals surface area contributed by atoms with Gasteiger partial charge in [0.15, 0.2) is 0 Å². The van der Waals surface area contributed by atoms with Crippen molar-refractivity contribution in [3.05, 3.63) is 52.0 Å². The summed E-state index contributed by atoms with van der Waals surface area (Å²) in [5.41, 5.74) is -3.79. The molecule has 0 saturated carbocycles. The van der Waals surface area contributed by atoms with E-state index in [0.717, 1.165) is 0 Å². The predicted molar refractivity (Wildman–Crippen MR) is 93.4 cm³/mol. The number of amides is 2. The van der Waals surface area contributed by atoms with Crippen LogP contribution in [0.25, 0.3) is 0 Å². The van der Waals surface area contributed by atoms with Gasteiger partial charge in [0.05, 0.1) is 12.3 Å². The fourth-order valence-corrected chi connectivity index (χ4v) is 3.08. The van der Waals surface area contributed by atoms with Crippen molar-refractivity contribution in [3.8, 4) is 0 Å². The van der Waals surface area contributed by atoms with Crippen LogP contribution in [0.1, 0.15) is 5.56 Å². The Morgan fingerprint density at radius 3 is 2.52 bits per heavy atom. The van der Waals surface area contributed by atoms with Crippen molar-refractivity contribution in [1.82, 2.24) is 0 Å². The zero-order valence-electron chi connectivity index (χ0n) is 12.3. The van der Waals surface area contributed by atoms with E-state index < -0.39 is 18.1 Å². The van der Waals surface area contributed by atoms with Crippen LogP contribution in [0.4, 0.5) is 29.3 Å². The van der Waals surface area contributed by atoms with Crippen molar-refractivity contribution in [2.45, 2.75) is 17.0 Å². The van der Waals surface area contributed by atoms with Crippen molar-refractivity contribution in [2.24, 2.45) is 0 Å². The van der Waals surface area contributed by atoms with Gasteiger partial charge in [-0.05, 0) is 42.1 Å². The Labute approximate surface area is 155 Å². The predicted octanol–water partition coefficient (Wildman–Crippen LogP) is 5.74. The molecule has 0 heterocycles. The first-order chi connectivity index (χ1) is 11.7. The first-order valence-corrected chi connectivity index (χ1v) is 8.28. The van der Waals surface area contributed by atoms with Crippen LogP contribution in [-0.2, 0) is 6.61 Å². The minimum absolute atomic E-state index is 0.0628. The lowest BCUT2D eigenvalue weighted by Gasteiger charge is -2.13. The van der Waals surface area contributed by atoms with E-state index in [4.69, 9.17) is 23.2 Å². The number of anilines is 2.